The van der Waals surface area contributed by atoms with Gasteiger partial charge in [-0.1, -0.05) is 42.1 Å². The maximum atomic E-state index is 12.5. The molecule has 2 aromatic carbocycles. The van der Waals surface area contributed by atoms with Gasteiger partial charge in [0.15, 0.2) is 0 Å². The Kier molecular flexibility index (Phi) is 5.38. The van der Waals surface area contributed by atoms with Crippen LogP contribution in [0.3, 0.4) is 0 Å². The number of rotatable bonds is 6. The minimum atomic E-state index is -1.01. The third-order valence-corrected chi connectivity index (χ3v) is 4.81. The predicted molar refractivity (Wildman–Crippen MR) is 99.5 cm³/mol. The van der Waals surface area contributed by atoms with Crippen LogP contribution in [0.15, 0.2) is 76.8 Å². The summed E-state index contributed by atoms with van der Waals surface area (Å²) in [5.74, 6) is -1.35. The van der Waals surface area contributed by atoms with Gasteiger partial charge in [-0.15, -0.1) is 0 Å². The molecule has 0 radical (unpaired) electrons. The summed E-state index contributed by atoms with van der Waals surface area (Å²) in [6, 6.07) is 16.6. The molecule has 0 fully saturated rings. The molecule has 132 valence electrons. The van der Waals surface area contributed by atoms with Crippen molar-refractivity contribution in [1.29, 1.82) is 0 Å². The predicted octanol–water partition coefficient (Wildman–Crippen LogP) is 3.93. The van der Waals surface area contributed by atoms with Crippen LogP contribution < -0.4 is 5.32 Å². The third kappa shape index (κ3) is 4.12. The van der Waals surface area contributed by atoms with Gasteiger partial charge in [-0.2, -0.15) is 5.10 Å². The third-order valence-electron chi connectivity index (χ3n) is 3.72. The van der Waals surface area contributed by atoms with Crippen molar-refractivity contribution in [3.8, 4) is 0 Å². The Morgan fingerprint density at radius 1 is 1.12 bits per heavy atom. The van der Waals surface area contributed by atoms with E-state index in [1.165, 1.54) is 24.0 Å². The summed E-state index contributed by atoms with van der Waals surface area (Å²) in [6.45, 7) is 1.50. The molecule has 3 rings (SSSR count). The van der Waals surface area contributed by atoms with E-state index in [4.69, 9.17) is 5.11 Å². The highest BCUT2D eigenvalue weighted by atomic mass is 32.2. The van der Waals surface area contributed by atoms with E-state index in [9.17, 15) is 9.59 Å². The number of aromatic nitrogens is 2. The lowest BCUT2D eigenvalue weighted by molar-refractivity contribution is -0.140. The van der Waals surface area contributed by atoms with E-state index >= 15 is 0 Å². The molecule has 0 bridgehead atoms. The minimum Gasteiger partial charge on any atom is -0.480 e. The Morgan fingerprint density at radius 2 is 1.81 bits per heavy atom. The molecule has 1 unspecified atom stereocenters. The molecular weight excluding hydrogens is 350 g/mol. The van der Waals surface area contributed by atoms with E-state index in [0.717, 1.165) is 9.79 Å². The first-order valence-corrected chi connectivity index (χ1v) is 8.76. The Hall–Kier alpha value is -3.06. The van der Waals surface area contributed by atoms with E-state index in [2.05, 4.69) is 10.4 Å². The van der Waals surface area contributed by atoms with Gasteiger partial charge in [-0.05, 0) is 31.2 Å². The van der Waals surface area contributed by atoms with Gasteiger partial charge in [-0.25, -0.2) is 4.79 Å². The minimum absolute atomic E-state index is 0.303. The van der Waals surface area contributed by atoms with Crippen LogP contribution in [-0.4, -0.2) is 26.8 Å². The molecule has 0 aliphatic rings. The maximum Gasteiger partial charge on any atom is 0.328 e. The molecule has 1 atom stereocenters. The number of hydrogen-bond acceptors (Lipinski definition) is 4. The van der Waals surface area contributed by atoms with Gasteiger partial charge in [-0.3, -0.25) is 9.48 Å². The fraction of sp³-hybridized carbons (Fsp3) is 0.105. The molecule has 26 heavy (non-hydrogen) atoms. The number of aliphatic carboxylic acids is 1. The molecule has 6 nitrogen and oxygen atoms in total. The molecule has 7 heteroatoms. The van der Waals surface area contributed by atoms with Crippen LogP contribution in [0.2, 0.25) is 0 Å². The molecule has 0 spiro atoms. The Bertz CT molecular complexity index is 925. The van der Waals surface area contributed by atoms with Gasteiger partial charge in [0.2, 0.25) is 0 Å². The number of benzene rings is 2. The molecule has 1 heterocycles. The number of carboxylic acids is 1. The van der Waals surface area contributed by atoms with E-state index in [1.807, 2.05) is 54.6 Å². The van der Waals surface area contributed by atoms with Crippen molar-refractivity contribution < 1.29 is 14.7 Å². The zero-order chi connectivity index (χ0) is 18.5. The van der Waals surface area contributed by atoms with Crippen molar-refractivity contribution in [3.63, 3.8) is 0 Å². The van der Waals surface area contributed by atoms with Gasteiger partial charge < -0.3 is 10.4 Å². The zero-order valence-electron chi connectivity index (χ0n) is 14.0. The summed E-state index contributed by atoms with van der Waals surface area (Å²) >= 11 is 1.55. The summed E-state index contributed by atoms with van der Waals surface area (Å²) in [6.07, 6.45) is 2.79. The highest BCUT2D eigenvalue weighted by Gasteiger charge is 2.17. The number of nitrogens with one attached hydrogen (secondary N) is 1. The Morgan fingerprint density at radius 3 is 2.54 bits per heavy atom. The van der Waals surface area contributed by atoms with E-state index in [0.29, 0.717) is 11.3 Å². The Balaban J connectivity index is 1.77. The normalized spacial score (nSPS) is 11.7. The van der Waals surface area contributed by atoms with Gasteiger partial charge in [0.05, 0.1) is 17.4 Å². The fourth-order valence-electron chi connectivity index (χ4n) is 2.25. The fourth-order valence-corrected chi connectivity index (χ4v) is 3.17. The lowest BCUT2D eigenvalue weighted by atomic mass is 10.3. The van der Waals surface area contributed by atoms with Gasteiger partial charge >= 0.3 is 5.97 Å². The van der Waals surface area contributed by atoms with E-state index in [1.54, 1.807) is 11.8 Å². The van der Waals surface area contributed by atoms with Crippen LogP contribution in [0, 0.1) is 0 Å². The maximum absolute atomic E-state index is 12.5. The Labute approximate surface area is 154 Å². The number of amides is 1. The van der Waals surface area contributed by atoms with Crippen LogP contribution >= 0.6 is 11.8 Å². The zero-order valence-corrected chi connectivity index (χ0v) is 14.8. The second-order valence-electron chi connectivity index (χ2n) is 5.59. The van der Waals surface area contributed by atoms with Crippen molar-refractivity contribution in [2.75, 3.05) is 5.32 Å². The molecule has 0 saturated carbocycles. The van der Waals surface area contributed by atoms with Crippen LogP contribution in [0.5, 0.6) is 0 Å². The van der Waals surface area contributed by atoms with Crippen molar-refractivity contribution in [2.45, 2.75) is 22.8 Å². The number of para-hydroxylation sites is 1. The van der Waals surface area contributed by atoms with Gasteiger partial charge in [0.25, 0.3) is 5.91 Å². The summed E-state index contributed by atoms with van der Waals surface area (Å²) in [5.41, 5.74) is 0.989. The van der Waals surface area contributed by atoms with Crippen LogP contribution in [0.25, 0.3) is 0 Å². The molecule has 0 aliphatic carbocycles. The van der Waals surface area contributed by atoms with Crippen molar-refractivity contribution >= 4 is 29.3 Å². The number of carboxylic acid groups (broad SMARTS) is 1. The first-order valence-electron chi connectivity index (χ1n) is 7.95. The van der Waals surface area contributed by atoms with Crippen molar-refractivity contribution in [2.24, 2.45) is 0 Å². The van der Waals surface area contributed by atoms with Crippen molar-refractivity contribution in [3.05, 3.63) is 72.6 Å². The quantitative estimate of drug-likeness (QED) is 0.689. The average molecular weight is 367 g/mol. The second kappa shape index (κ2) is 7.88. The summed E-state index contributed by atoms with van der Waals surface area (Å²) in [7, 11) is 0. The monoisotopic (exact) mass is 367 g/mol. The number of hydrogen-bond donors (Lipinski definition) is 2. The molecule has 0 aliphatic heterocycles. The smallest absolute Gasteiger partial charge is 0.328 e. The molecule has 2 N–H and O–H groups in total. The van der Waals surface area contributed by atoms with Crippen LogP contribution in [0.1, 0.15) is 23.3 Å². The molecule has 3 aromatic rings. The van der Waals surface area contributed by atoms with Gasteiger partial charge in [0, 0.05) is 16.0 Å². The lowest BCUT2D eigenvalue weighted by Gasteiger charge is -2.10. The highest BCUT2D eigenvalue weighted by Crippen LogP contribution is 2.33. The van der Waals surface area contributed by atoms with E-state index < -0.39 is 12.0 Å². The van der Waals surface area contributed by atoms with E-state index in [-0.39, 0.29) is 5.91 Å². The van der Waals surface area contributed by atoms with Crippen LogP contribution in [0.4, 0.5) is 5.69 Å². The standard InChI is InChI=1S/C19H17N3O3S/c1-13(19(24)25)22-12-14(11-20-22)18(23)21-16-9-5-6-10-17(16)26-15-7-3-2-4-8-15/h2-13H,1H3,(H,21,23)(H,24,25). The summed E-state index contributed by atoms with van der Waals surface area (Å²) in [4.78, 5) is 25.5. The SMILES string of the molecule is CC(C(=O)O)n1cc(C(=O)Nc2ccccc2Sc2ccccc2)cn1. The van der Waals surface area contributed by atoms with Crippen molar-refractivity contribution in [1.82, 2.24) is 9.78 Å². The average Bonchev–Trinajstić information content (AvgIpc) is 3.13. The number of anilines is 1. The molecule has 0 saturated heterocycles. The molecule has 1 amide bonds. The largest absolute Gasteiger partial charge is 0.480 e. The first-order chi connectivity index (χ1) is 12.5. The number of carbonyl (C=O) groups is 2. The summed E-state index contributed by atoms with van der Waals surface area (Å²) < 4.78 is 1.25. The second-order valence-corrected chi connectivity index (χ2v) is 6.70. The topological polar surface area (TPSA) is 84.2 Å². The lowest BCUT2D eigenvalue weighted by Crippen LogP contribution is -2.16. The molecule has 1 aromatic heterocycles. The first kappa shape index (κ1) is 17.8. The number of carbonyl (C=O) groups excluding carboxylic acids is 1. The number of nitrogens with zero attached hydrogens (tertiary/aromatic N) is 2. The highest BCUT2D eigenvalue weighted by molar-refractivity contribution is 7.99. The van der Waals surface area contributed by atoms with Crippen LogP contribution in [-0.2, 0) is 4.79 Å². The van der Waals surface area contributed by atoms with Gasteiger partial charge in [0.1, 0.15) is 6.04 Å². The summed E-state index contributed by atoms with van der Waals surface area (Å²) in [5, 5.41) is 15.9. The molecular formula is C19H17N3O3S.